The van der Waals surface area contributed by atoms with E-state index in [1.165, 1.54) is 12.1 Å². The van der Waals surface area contributed by atoms with Crippen LogP contribution in [-0.4, -0.2) is 27.0 Å². The van der Waals surface area contributed by atoms with Gasteiger partial charge in [0.1, 0.15) is 11.3 Å². The number of hydrogen-bond acceptors (Lipinski definition) is 4. The lowest BCUT2D eigenvalue weighted by Crippen LogP contribution is -2.33. The number of nitrogens with one attached hydrogen (secondary N) is 1. The van der Waals surface area contributed by atoms with E-state index in [-0.39, 0.29) is 23.3 Å². The third kappa shape index (κ3) is 4.82. The summed E-state index contributed by atoms with van der Waals surface area (Å²) in [6.45, 7) is 7.82. The molecule has 0 spiro atoms. The molecule has 5 nitrogen and oxygen atoms in total. The monoisotopic (exact) mass is 407 g/mol. The number of benzene rings is 1. The first-order valence-electron chi connectivity index (χ1n) is 10.1. The highest BCUT2D eigenvalue weighted by Gasteiger charge is 2.20. The minimum Gasteiger partial charge on any atom is -0.504 e. The fourth-order valence-corrected chi connectivity index (χ4v) is 3.36. The molecule has 156 valence electrons. The van der Waals surface area contributed by atoms with E-state index >= 15 is 0 Å². The van der Waals surface area contributed by atoms with Crippen molar-refractivity contribution in [1.29, 1.82) is 0 Å². The average molecular weight is 407 g/mol. The van der Waals surface area contributed by atoms with Gasteiger partial charge in [-0.3, -0.25) is 9.78 Å². The van der Waals surface area contributed by atoms with Gasteiger partial charge >= 0.3 is 0 Å². The minimum atomic E-state index is -0.432. The van der Waals surface area contributed by atoms with Gasteiger partial charge in [0.05, 0.1) is 5.69 Å². The molecule has 1 amide bonds. The van der Waals surface area contributed by atoms with Crippen molar-refractivity contribution in [3.63, 3.8) is 0 Å². The van der Waals surface area contributed by atoms with Crippen molar-refractivity contribution in [2.24, 2.45) is 0 Å². The van der Waals surface area contributed by atoms with Crippen molar-refractivity contribution in [3.8, 4) is 5.75 Å². The maximum Gasteiger partial charge on any atom is 0.274 e. The number of carbonyl (C=O) groups is 1. The number of aromatic nitrogens is 2. The summed E-state index contributed by atoms with van der Waals surface area (Å²) in [6.07, 6.45) is 6.65. The quantitative estimate of drug-likeness (QED) is 0.550. The number of amides is 1. The van der Waals surface area contributed by atoms with Crippen molar-refractivity contribution < 1.29 is 14.3 Å². The lowest BCUT2D eigenvalue weighted by molar-refractivity contribution is 0.0930. The maximum atomic E-state index is 13.1. The number of pyridine rings is 2. The van der Waals surface area contributed by atoms with Crippen LogP contribution in [0.25, 0.3) is 17.0 Å². The Bertz CT molecular complexity index is 1060. The van der Waals surface area contributed by atoms with E-state index < -0.39 is 5.91 Å². The van der Waals surface area contributed by atoms with Gasteiger partial charge in [0.25, 0.3) is 5.91 Å². The summed E-state index contributed by atoms with van der Waals surface area (Å²) in [6, 6.07) is 8.11. The fourth-order valence-electron chi connectivity index (χ4n) is 3.36. The van der Waals surface area contributed by atoms with E-state index in [1.54, 1.807) is 24.4 Å². The summed E-state index contributed by atoms with van der Waals surface area (Å²) in [7, 11) is 0. The van der Waals surface area contributed by atoms with Crippen LogP contribution in [0.5, 0.6) is 5.75 Å². The summed E-state index contributed by atoms with van der Waals surface area (Å²) in [5, 5.41) is 14.2. The van der Waals surface area contributed by atoms with E-state index in [9.17, 15) is 14.3 Å². The zero-order valence-corrected chi connectivity index (χ0v) is 17.3. The van der Waals surface area contributed by atoms with E-state index in [1.807, 2.05) is 13.0 Å². The molecule has 0 aliphatic rings. The van der Waals surface area contributed by atoms with Gasteiger partial charge in [-0.25, -0.2) is 9.37 Å². The molecule has 2 N–H and O–H groups in total. The van der Waals surface area contributed by atoms with Gasteiger partial charge in [-0.1, -0.05) is 38.5 Å². The highest BCUT2D eigenvalue weighted by atomic mass is 19.1. The van der Waals surface area contributed by atoms with Gasteiger partial charge in [0.15, 0.2) is 11.4 Å². The molecule has 3 rings (SSSR count). The molecule has 1 atom stereocenters. The lowest BCUT2D eigenvalue weighted by Gasteiger charge is -2.15. The number of rotatable bonds is 8. The Labute approximate surface area is 175 Å². The smallest absolute Gasteiger partial charge is 0.274 e. The second kappa shape index (κ2) is 9.48. The largest absolute Gasteiger partial charge is 0.504 e. The second-order valence-corrected chi connectivity index (χ2v) is 7.46. The summed E-state index contributed by atoms with van der Waals surface area (Å²) in [4.78, 5) is 21.4. The van der Waals surface area contributed by atoms with Crippen LogP contribution in [0.2, 0.25) is 0 Å². The number of fused-ring (bicyclic) bond motifs is 1. The molecule has 3 aromatic rings. The van der Waals surface area contributed by atoms with Crippen LogP contribution in [-0.2, 0) is 6.42 Å². The fraction of sp³-hybridized carbons (Fsp3) is 0.292. The minimum absolute atomic E-state index is 0.0208. The summed E-state index contributed by atoms with van der Waals surface area (Å²) < 4.78 is 13.1. The third-order valence-electron chi connectivity index (χ3n) is 5.00. The van der Waals surface area contributed by atoms with Gasteiger partial charge in [-0.05, 0) is 55.2 Å². The third-order valence-corrected chi connectivity index (χ3v) is 5.00. The van der Waals surface area contributed by atoms with Gasteiger partial charge in [-0.15, -0.1) is 0 Å². The maximum absolute atomic E-state index is 13.1. The van der Waals surface area contributed by atoms with Crippen LogP contribution in [0, 0.1) is 5.82 Å². The van der Waals surface area contributed by atoms with Crippen molar-refractivity contribution in [1.82, 2.24) is 15.3 Å². The number of aromatic hydroxyl groups is 1. The lowest BCUT2D eigenvalue weighted by atomic mass is 10.0. The van der Waals surface area contributed by atoms with E-state index in [0.717, 1.165) is 30.4 Å². The standard InChI is InChI=1S/C24H26FN3O2/c1-4-6-7-15(3)27-24(30)22-23(29)21-19(20(5-2)28-22)13-17(14-26-21)12-16-8-10-18(25)11-9-16/h5,8-11,13-15,29H,2,4,6-7,12H2,1,3H3,(H,27,30). The Morgan fingerprint density at radius 1 is 1.30 bits per heavy atom. The van der Waals surface area contributed by atoms with Gasteiger partial charge in [-0.2, -0.15) is 0 Å². The molecule has 0 saturated heterocycles. The molecule has 2 heterocycles. The predicted octanol–water partition coefficient (Wildman–Crippen LogP) is 5.02. The molecule has 0 aliphatic heterocycles. The normalized spacial score (nSPS) is 12.0. The zero-order valence-electron chi connectivity index (χ0n) is 17.3. The molecule has 0 radical (unpaired) electrons. The Balaban J connectivity index is 1.93. The van der Waals surface area contributed by atoms with Crippen LogP contribution < -0.4 is 5.32 Å². The molecule has 6 heteroatoms. The second-order valence-electron chi connectivity index (χ2n) is 7.46. The molecule has 1 aromatic carbocycles. The Kier molecular flexibility index (Phi) is 6.77. The highest BCUT2D eigenvalue weighted by molar-refractivity contribution is 6.02. The molecule has 2 aromatic heterocycles. The van der Waals surface area contributed by atoms with Gasteiger partial charge < -0.3 is 10.4 Å². The molecule has 0 bridgehead atoms. The van der Waals surface area contributed by atoms with Gasteiger partial charge in [0.2, 0.25) is 0 Å². The average Bonchev–Trinajstić information content (AvgIpc) is 2.74. The SMILES string of the molecule is C=Cc1nc(C(=O)NC(C)CCCC)c(O)c2ncc(Cc3ccc(F)cc3)cc12. The Morgan fingerprint density at radius 2 is 2.03 bits per heavy atom. The Morgan fingerprint density at radius 3 is 2.70 bits per heavy atom. The molecule has 1 unspecified atom stereocenters. The van der Waals surface area contributed by atoms with Crippen LogP contribution in [0.1, 0.15) is 60.4 Å². The summed E-state index contributed by atoms with van der Waals surface area (Å²) in [5.74, 6) is -0.962. The molecule has 0 fully saturated rings. The van der Waals surface area contributed by atoms with Crippen LogP contribution in [0.4, 0.5) is 4.39 Å². The van der Waals surface area contributed by atoms with Crippen molar-refractivity contribution >= 4 is 22.9 Å². The number of nitrogens with zero attached hydrogens (tertiary/aromatic N) is 2. The van der Waals surface area contributed by atoms with Crippen molar-refractivity contribution in [2.75, 3.05) is 0 Å². The van der Waals surface area contributed by atoms with Crippen LogP contribution in [0.15, 0.2) is 43.1 Å². The van der Waals surface area contributed by atoms with Crippen molar-refractivity contribution in [2.45, 2.75) is 45.6 Å². The van der Waals surface area contributed by atoms with E-state index in [2.05, 4.69) is 28.8 Å². The highest BCUT2D eigenvalue weighted by Crippen LogP contribution is 2.30. The summed E-state index contributed by atoms with van der Waals surface area (Å²) in [5.41, 5.74) is 2.53. The Hall–Kier alpha value is -3.28. The first-order chi connectivity index (χ1) is 14.4. The van der Waals surface area contributed by atoms with Crippen LogP contribution in [0.3, 0.4) is 0 Å². The van der Waals surface area contributed by atoms with E-state index in [4.69, 9.17) is 0 Å². The predicted molar refractivity (Wildman–Crippen MR) is 117 cm³/mol. The summed E-state index contributed by atoms with van der Waals surface area (Å²) >= 11 is 0. The first kappa shape index (κ1) is 21.4. The molecule has 30 heavy (non-hydrogen) atoms. The molecular formula is C24H26FN3O2. The number of hydrogen-bond donors (Lipinski definition) is 2. The topological polar surface area (TPSA) is 75.1 Å². The first-order valence-corrected chi connectivity index (χ1v) is 10.1. The molecule has 0 aliphatic carbocycles. The van der Waals surface area contributed by atoms with Gasteiger partial charge in [0, 0.05) is 17.6 Å². The molecule has 0 saturated carbocycles. The van der Waals surface area contributed by atoms with Crippen molar-refractivity contribution in [3.05, 3.63) is 71.4 Å². The number of unbranched alkanes of at least 4 members (excludes halogenated alkanes) is 1. The van der Waals surface area contributed by atoms with E-state index in [0.29, 0.717) is 23.0 Å². The number of carbonyl (C=O) groups excluding carboxylic acids is 1. The number of halogens is 1. The zero-order chi connectivity index (χ0) is 21.7. The van der Waals surface area contributed by atoms with Crippen LogP contribution >= 0.6 is 0 Å². The molecular weight excluding hydrogens is 381 g/mol.